The summed E-state index contributed by atoms with van der Waals surface area (Å²) in [5.41, 5.74) is 0.996. The molecule has 0 fully saturated rings. The third-order valence-electron chi connectivity index (χ3n) is 3.09. The molecule has 0 saturated heterocycles. The maximum absolute atomic E-state index is 13.8. The van der Waals surface area contributed by atoms with Crippen molar-refractivity contribution in [1.82, 2.24) is 5.32 Å². The van der Waals surface area contributed by atoms with Gasteiger partial charge < -0.3 is 5.32 Å². The number of benzene rings is 2. The van der Waals surface area contributed by atoms with Crippen molar-refractivity contribution in [2.24, 2.45) is 0 Å². The Kier molecular flexibility index (Phi) is 4.79. The van der Waals surface area contributed by atoms with Crippen LogP contribution in [0.4, 0.5) is 13.2 Å². The molecule has 0 aromatic heterocycles. The predicted molar refractivity (Wildman–Crippen MR) is 72.9 cm³/mol. The Morgan fingerprint density at radius 3 is 2.25 bits per heavy atom. The molecule has 1 N–H and O–H groups in total. The Labute approximate surface area is 116 Å². The second kappa shape index (κ2) is 6.57. The summed E-state index contributed by atoms with van der Waals surface area (Å²) in [6.07, 6.45) is 0.323. The Morgan fingerprint density at radius 2 is 1.65 bits per heavy atom. The van der Waals surface area contributed by atoms with Crippen molar-refractivity contribution in [3.8, 4) is 0 Å². The van der Waals surface area contributed by atoms with Crippen LogP contribution in [0.25, 0.3) is 0 Å². The number of rotatable bonds is 5. The molecule has 0 saturated carbocycles. The molecular formula is C16H16F3N. The first-order chi connectivity index (χ1) is 9.60. The third-order valence-corrected chi connectivity index (χ3v) is 3.09. The summed E-state index contributed by atoms with van der Waals surface area (Å²) in [6, 6.07) is 9.47. The van der Waals surface area contributed by atoms with Crippen LogP contribution in [0, 0.1) is 17.5 Å². The summed E-state index contributed by atoms with van der Waals surface area (Å²) in [6.45, 7) is 2.54. The van der Waals surface area contributed by atoms with Crippen LogP contribution in [-0.4, -0.2) is 6.54 Å². The van der Waals surface area contributed by atoms with E-state index in [1.165, 1.54) is 18.2 Å². The maximum atomic E-state index is 13.8. The minimum atomic E-state index is -0.621. The lowest BCUT2D eigenvalue weighted by Crippen LogP contribution is -2.24. The lowest BCUT2D eigenvalue weighted by Gasteiger charge is -2.19. The zero-order valence-corrected chi connectivity index (χ0v) is 11.2. The molecule has 4 heteroatoms. The van der Waals surface area contributed by atoms with Gasteiger partial charge in [0, 0.05) is 17.7 Å². The zero-order chi connectivity index (χ0) is 14.5. The minimum absolute atomic E-state index is 0.317. The summed E-state index contributed by atoms with van der Waals surface area (Å²) in [5, 5.41) is 3.14. The Balaban J connectivity index is 2.28. The van der Waals surface area contributed by atoms with E-state index in [-0.39, 0.29) is 11.9 Å². The van der Waals surface area contributed by atoms with E-state index in [9.17, 15) is 13.2 Å². The number of hydrogen-bond acceptors (Lipinski definition) is 1. The van der Waals surface area contributed by atoms with E-state index < -0.39 is 11.6 Å². The van der Waals surface area contributed by atoms with Gasteiger partial charge >= 0.3 is 0 Å². The molecule has 1 unspecified atom stereocenters. The van der Waals surface area contributed by atoms with E-state index in [0.29, 0.717) is 24.1 Å². The molecule has 1 nitrogen and oxygen atoms in total. The molecule has 0 amide bonds. The smallest absolute Gasteiger partial charge is 0.127 e. The van der Waals surface area contributed by atoms with Crippen molar-refractivity contribution in [2.75, 3.05) is 6.54 Å². The average Bonchev–Trinajstić information content (AvgIpc) is 2.37. The normalized spacial score (nSPS) is 12.4. The van der Waals surface area contributed by atoms with Crippen molar-refractivity contribution >= 4 is 0 Å². The molecule has 20 heavy (non-hydrogen) atoms. The molecular weight excluding hydrogens is 263 g/mol. The van der Waals surface area contributed by atoms with Crippen molar-refractivity contribution in [1.29, 1.82) is 0 Å². The van der Waals surface area contributed by atoms with E-state index in [1.807, 2.05) is 6.92 Å². The second-order valence-electron chi connectivity index (χ2n) is 4.61. The van der Waals surface area contributed by atoms with Crippen LogP contribution >= 0.6 is 0 Å². The molecule has 2 aromatic rings. The minimum Gasteiger partial charge on any atom is -0.310 e. The van der Waals surface area contributed by atoms with Crippen LogP contribution < -0.4 is 5.32 Å². The summed E-state index contributed by atoms with van der Waals surface area (Å²) in [4.78, 5) is 0. The highest BCUT2D eigenvalue weighted by Gasteiger charge is 2.15. The topological polar surface area (TPSA) is 12.0 Å². The molecule has 2 rings (SSSR count). The number of hydrogen-bond donors (Lipinski definition) is 1. The van der Waals surface area contributed by atoms with Crippen LogP contribution in [0.1, 0.15) is 24.1 Å². The van der Waals surface area contributed by atoms with Gasteiger partial charge in [-0.15, -0.1) is 0 Å². The molecule has 106 valence electrons. The molecule has 0 aliphatic rings. The highest BCUT2D eigenvalue weighted by atomic mass is 19.1. The summed E-state index contributed by atoms with van der Waals surface area (Å²) in [5.74, 6) is -1.57. The van der Waals surface area contributed by atoms with Crippen LogP contribution in [0.15, 0.2) is 42.5 Å². The number of halogens is 3. The Morgan fingerprint density at radius 1 is 1.00 bits per heavy atom. The van der Waals surface area contributed by atoms with Gasteiger partial charge in [-0.1, -0.05) is 25.1 Å². The largest absolute Gasteiger partial charge is 0.310 e. The lowest BCUT2D eigenvalue weighted by molar-refractivity contribution is 0.506. The van der Waals surface area contributed by atoms with Gasteiger partial charge in [0.05, 0.1) is 0 Å². The first-order valence-electron chi connectivity index (χ1n) is 6.53. The lowest BCUT2D eigenvalue weighted by atomic mass is 9.98. The van der Waals surface area contributed by atoms with Gasteiger partial charge in [-0.25, -0.2) is 13.2 Å². The number of nitrogens with one attached hydrogen (secondary N) is 1. The molecule has 0 aliphatic carbocycles. The molecule has 0 bridgehead atoms. The van der Waals surface area contributed by atoms with Gasteiger partial charge in [-0.05, 0) is 36.7 Å². The van der Waals surface area contributed by atoms with E-state index in [4.69, 9.17) is 0 Å². The SMILES string of the molecule is CCNC(Cc1cc(F)cc(F)c1)c1ccccc1F. The van der Waals surface area contributed by atoms with E-state index in [0.717, 1.165) is 6.07 Å². The van der Waals surface area contributed by atoms with Gasteiger partial charge in [0.1, 0.15) is 17.5 Å². The third kappa shape index (κ3) is 3.61. The fraction of sp³-hybridized carbons (Fsp3) is 0.250. The Bertz CT molecular complexity index is 563. The van der Waals surface area contributed by atoms with Crippen LogP contribution in [0.3, 0.4) is 0 Å². The molecule has 0 heterocycles. The van der Waals surface area contributed by atoms with Gasteiger partial charge in [0.15, 0.2) is 0 Å². The van der Waals surface area contributed by atoms with E-state index in [2.05, 4.69) is 5.32 Å². The van der Waals surface area contributed by atoms with Crippen LogP contribution in [-0.2, 0) is 6.42 Å². The van der Waals surface area contributed by atoms with Crippen molar-refractivity contribution in [3.05, 3.63) is 71.0 Å². The van der Waals surface area contributed by atoms with Gasteiger partial charge in [-0.3, -0.25) is 0 Å². The molecule has 2 aromatic carbocycles. The van der Waals surface area contributed by atoms with Crippen LogP contribution in [0.2, 0.25) is 0 Å². The summed E-state index contributed by atoms with van der Waals surface area (Å²) >= 11 is 0. The second-order valence-corrected chi connectivity index (χ2v) is 4.61. The first kappa shape index (κ1) is 14.6. The van der Waals surface area contributed by atoms with E-state index in [1.54, 1.807) is 18.2 Å². The zero-order valence-electron chi connectivity index (χ0n) is 11.2. The van der Waals surface area contributed by atoms with Gasteiger partial charge in [0.25, 0.3) is 0 Å². The fourth-order valence-electron chi connectivity index (χ4n) is 2.26. The highest BCUT2D eigenvalue weighted by molar-refractivity contribution is 5.26. The standard InChI is InChI=1S/C16H16F3N/c1-2-20-16(14-5-3-4-6-15(14)19)9-11-7-12(17)10-13(18)8-11/h3-8,10,16,20H,2,9H2,1H3. The van der Waals surface area contributed by atoms with Gasteiger partial charge in [0.2, 0.25) is 0 Å². The number of likely N-dealkylation sites (N-methyl/N-ethyl adjacent to an activating group) is 1. The Hall–Kier alpha value is -1.81. The van der Waals surface area contributed by atoms with Crippen molar-refractivity contribution < 1.29 is 13.2 Å². The molecule has 0 radical (unpaired) electrons. The average molecular weight is 279 g/mol. The summed E-state index contributed by atoms with van der Waals surface area (Å²) in [7, 11) is 0. The van der Waals surface area contributed by atoms with Crippen molar-refractivity contribution in [3.63, 3.8) is 0 Å². The van der Waals surface area contributed by atoms with E-state index >= 15 is 0 Å². The van der Waals surface area contributed by atoms with Crippen molar-refractivity contribution in [2.45, 2.75) is 19.4 Å². The first-order valence-corrected chi connectivity index (χ1v) is 6.53. The van der Waals surface area contributed by atoms with Crippen LogP contribution in [0.5, 0.6) is 0 Å². The fourth-order valence-corrected chi connectivity index (χ4v) is 2.26. The quantitative estimate of drug-likeness (QED) is 0.872. The molecule has 0 spiro atoms. The molecule has 0 aliphatic heterocycles. The monoisotopic (exact) mass is 279 g/mol. The summed E-state index contributed by atoms with van der Waals surface area (Å²) < 4.78 is 40.3. The predicted octanol–water partition coefficient (Wildman–Crippen LogP) is 4.00. The van der Waals surface area contributed by atoms with Gasteiger partial charge in [-0.2, -0.15) is 0 Å². The molecule has 1 atom stereocenters. The maximum Gasteiger partial charge on any atom is 0.127 e. The highest BCUT2D eigenvalue weighted by Crippen LogP contribution is 2.22.